The summed E-state index contributed by atoms with van der Waals surface area (Å²) in [5, 5.41) is 3.08. The molecule has 0 saturated carbocycles. The largest absolute Gasteiger partial charge is 0.322 e. The number of benzene rings is 1. The quantitative estimate of drug-likeness (QED) is 0.677. The number of aryl methyl sites for hydroxylation is 2. The van der Waals surface area contributed by atoms with E-state index < -0.39 is 0 Å². The number of pyridine rings is 1. The maximum Gasteiger partial charge on any atom is 0.321 e. The molecule has 3 aromatic rings. The number of nitrogens with zero attached hydrogens (tertiary/aromatic N) is 5. The van der Waals surface area contributed by atoms with Crippen LogP contribution < -0.4 is 5.32 Å². The Labute approximate surface area is 184 Å². The minimum atomic E-state index is -0.0137. The molecule has 1 aromatic carbocycles. The van der Waals surface area contributed by atoms with E-state index in [0.29, 0.717) is 5.92 Å². The summed E-state index contributed by atoms with van der Waals surface area (Å²) in [5.74, 6) is 1.43. The Hall–Kier alpha value is -2.93. The number of amides is 2. The molecule has 7 nitrogen and oxygen atoms in total. The lowest BCUT2D eigenvalue weighted by molar-refractivity contribution is 0.144. The summed E-state index contributed by atoms with van der Waals surface area (Å²) < 4.78 is 2.25. The Bertz CT molecular complexity index is 1070. The number of hydrogen-bond donors (Lipinski definition) is 1. The van der Waals surface area contributed by atoms with Gasteiger partial charge >= 0.3 is 6.03 Å². The summed E-state index contributed by atoms with van der Waals surface area (Å²) >= 11 is 0. The number of urea groups is 1. The number of rotatable bonds is 5. The third-order valence-corrected chi connectivity index (χ3v) is 5.98. The molecular formula is C24H32N6O. The average molecular weight is 421 g/mol. The predicted octanol–water partition coefficient (Wildman–Crippen LogP) is 4.02. The molecule has 1 N–H and O–H groups in total. The number of piperazine rings is 1. The molecule has 2 aromatic heterocycles. The van der Waals surface area contributed by atoms with Gasteiger partial charge in [-0.3, -0.25) is 4.90 Å². The van der Waals surface area contributed by atoms with Gasteiger partial charge in [-0.05, 0) is 43.2 Å². The molecule has 1 aliphatic rings. The van der Waals surface area contributed by atoms with E-state index in [1.165, 1.54) is 0 Å². The van der Waals surface area contributed by atoms with Gasteiger partial charge in [0.2, 0.25) is 0 Å². The highest BCUT2D eigenvalue weighted by atomic mass is 16.2. The molecule has 1 aliphatic heterocycles. The van der Waals surface area contributed by atoms with Gasteiger partial charge in [-0.2, -0.15) is 0 Å². The van der Waals surface area contributed by atoms with E-state index in [9.17, 15) is 4.79 Å². The second-order valence-electron chi connectivity index (χ2n) is 8.70. The first-order chi connectivity index (χ1) is 14.9. The van der Waals surface area contributed by atoms with Gasteiger partial charge in [-0.1, -0.05) is 26.0 Å². The van der Waals surface area contributed by atoms with Crippen LogP contribution in [0.4, 0.5) is 10.5 Å². The van der Waals surface area contributed by atoms with E-state index in [4.69, 9.17) is 4.98 Å². The monoisotopic (exact) mass is 420 g/mol. The van der Waals surface area contributed by atoms with Gasteiger partial charge in [-0.15, -0.1) is 0 Å². The summed E-state index contributed by atoms with van der Waals surface area (Å²) in [6.45, 7) is 13.4. The molecule has 164 valence electrons. The van der Waals surface area contributed by atoms with Crippen LogP contribution in [0.5, 0.6) is 0 Å². The van der Waals surface area contributed by atoms with Crippen LogP contribution in [-0.4, -0.2) is 63.1 Å². The molecule has 7 heteroatoms. The first kappa shape index (κ1) is 21.3. The normalized spacial score (nSPS) is 15.1. The summed E-state index contributed by atoms with van der Waals surface area (Å²) in [6, 6.07) is 10.1. The third kappa shape index (κ3) is 4.71. The van der Waals surface area contributed by atoms with Crippen molar-refractivity contribution in [2.75, 3.05) is 38.0 Å². The fourth-order valence-corrected chi connectivity index (χ4v) is 4.12. The van der Waals surface area contributed by atoms with Crippen molar-refractivity contribution in [1.82, 2.24) is 24.3 Å². The number of fused-ring (bicyclic) bond motifs is 1. The van der Waals surface area contributed by atoms with E-state index in [1.54, 1.807) is 0 Å². The summed E-state index contributed by atoms with van der Waals surface area (Å²) in [7, 11) is 0. The zero-order valence-corrected chi connectivity index (χ0v) is 18.9. The highest BCUT2D eigenvalue weighted by Crippen LogP contribution is 2.21. The Kier molecular flexibility index (Phi) is 6.23. The molecule has 4 rings (SSSR count). The molecule has 0 spiro atoms. The molecule has 2 amide bonds. The maximum absolute atomic E-state index is 12.7. The molecular weight excluding hydrogens is 388 g/mol. The Balaban J connectivity index is 1.34. The second kappa shape index (κ2) is 9.06. The van der Waals surface area contributed by atoms with Crippen LogP contribution >= 0.6 is 0 Å². The third-order valence-electron chi connectivity index (χ3n) is 5.98. The van der Waals surface area contributed by atoms with E-state index in [1.807, 2.05) is 49.2 Å². The molecule has 0 radical (unpaired) electrons. The molecule has 0 bridgehead atoms. The van der Waals surface area contributed by atoms with Crippen molar-refractivity contribution in [3.63, 3.8) is 0 Å². The van der Waals surface area contributed by atoms with E-state index in [0.717, 1.165) is 73.1 Å². The number of carbonyl (C=O) groups is 1. The standard InChI is InChI=1S/C24H32N6O/c1-17(2)22-26-20-6-5-9-25-23(20)30(22)15-12-28-10-13-29(14-11-28)24(31)27-21-16-18(3)7-8-19(21)4/h5-9,16-17H,10-15H2,1-4H3,(H,27,31). The van der Waals surface area contributed by atoms with Crippen LogP contribution in [0, 0.1) is 13.8 Å². The van der Waals surface area contributed by atoms with Crippen molar-refractivity contribution in [2.24, 2.45) is 0 Å². The number of imidazole rings is 1. The van der Waals surface area contributed by atoms with Crippen molar-refractivity contribution in [3.8, 4) is 0 Å². The van der Waals surface area contributed by atoms with Crippen LogP contribution in [-0.2, 0) is 6.54 Å². The van der Waals surface area contributed by atoms with E-state index in [2.05, 4.69) is 39.7 Å². The lowest BCUT2D eigenvalue weighted by Gasteiger charge is -2.35. The van der Waals surface area contributed by atoms with Crippen molar-refractivity contribution >= 4 is 22.9 Å². The van der Waals surface area contributed by atoms with Crippen LogP contribution in [0.15, 0.2) is 36.5 Å². The van der Waals surface area contributed by atoms with Crippen molar-refractivity contribution in [3.05, 3.63) is 53.5 Å². The van der Waals surface area contributed by atoms with Crippen LogP contribution in [0.1, 0.15) is 36.7 Å². The zero-order chi connectivity index (χ0) is 22.0. The highest BCUT2D eigenvalue weighted by Gasteiger charge is 2.22. The van der Waals surface area contributed by atoms with Gasteiger partial charge in [0.05, 0.1) is 0 Å². The minimum absolute atomic E-state index is 0.0137. The SMILES string of the molecule is Cc1ccc(C)c(NC(=O)N2CCN(CCn3c(C(C)C)nc4cccnc43)CC2)c1. The fraction of sp³-hybridized carbons (Fsp3) is 0.458. The van der Waals surface area contributed by atoms with Crippen molar-refractivity contribution < 1.29 is 4.79 Å². The Morgan fingerprint density at radius 2 is 1.87 bits per heavy atom. The van der Waals surface area contributed by atoms with Gasteiger partial charge in [0.25, 0.3) is 0 Å². The average Bonchev–Trinajstić information content (AvgIpc) is 3.14. The molecule has 1 saturated heterocycles. The smallest absolute Gasteiger partial charge is 0.321 e. The first-order valence-electron chi connectivity index (χ1n) is 11.1. The molecule has 0 atom stereocenters. The first-order valence-corrected chi connectivity index (χ1v) is 11.1. The van der Waals surface area contributed by atoms with Crippen LogP contribution in [0.2, 0.25) is 0 Å². The topological polar surface area (TPSA) is 66.3 Å². The summed E-state index contributed by atoms with van der Waals surface area (Å²) in [5.41, 5.74) is 5.04. The lowest BCUT2D eigenvalue weighted by Crippen LogP contribution is -2.50. The summed E-state index contributed by atoms with van der Waals surface area (Å²) in [6.07, 6.45) is 1.83. The Morgan fingerprint density at radius 1 is 1.10 bits per heavy atom. The summed E-state index contributed by atoms with van der Waals surface area (Å²) in [4.78, 5) is 26.4. The maximum atomic E-state index is 12.7. The van der Waals surface area contributed by atoms with Crippen molar-refractivity contribution in [2.45, 2.75) is 40.2 Å². The second-order valence-corrected chi connectivity index (χ2v) is 8.70. The molecule has 1 fully saturated rings. The minimum Gasteiger partial charge on any atom is -0.322 e. The zero-order valence-electron chi connectivity index (χ0n) is 18.9. The van der Waals surface area contributed by atoms with Gasteiger partial charge < -0.3 is 14.8 Å². The van der Waals surface area contributed by atoms with Gasteiger partial charge in [0.1, 0.15) is 11.3 Å². The van der Waals surface area contributed by atoms with Gasteiger partial charge in [-0.25, -0.2) is 14.8 Å². The number of anilines is 1. The molecule has 31 heavy (non-hydrogen) atoms. The number of hydrogen-bond acceptors (Lipinski definition) is 4. The van der Waals surface area contributed by atoms with Gasteiger partial charge in [0, 0.05) is 57.1 Å². The number of aromatic nitrogens is 3. The molecule has 0 aliphatic carbocycles. The van der Waals surface area contributed by atoms with E-state index >= 15 is 0 Å². The predicted molar refractivity (Wildman–Crippen MR) is 125 cm³/mol. The van der Waals surface area contributed by atoms with Crippen LogP contribution in [0.25, 0.3) is 11.2 Å². The lowest BCUT2D eigenvalue weighted by atomic mass is 10.1. The molecule has 3 heterocycles. The van der Waals surface area contributed by atoms with E-state index in [-0.39, 0.29) is 6.03 Å². The Morgan fingerprint density at radius 3 is 2.61 bits per heavy atom. The number of carbonyl (C=O) groups excluding carboxylic acids is 1. The van der Waals surface area contributed by atoms with Crippen molar-refractivity contribution in [1.29, 1.82) is 0 Å². The molecule has 0 unspecified atom stereocenters. The highest BCUT2D eigenvalue weighted by molar-refractivity contribution is 5.90. The van der Waals surface area contributed by atoms with Gasteiger partial charge in [0.15, 0.2) is 5.65 Å². The fourth-order valence-electron chi connectivity index (χ4n) is 4.12. The number of nitrogens with one attached hydrogen (secondary N) is 1. The van der Waals surface area contributed by atoms with Crippen LogP contribution in [0.3, 0.4) is 0 Å².